The Morgan fingerprint density at radius 3 is 2.04 bits per heavy atom. The largest absolute Gasteiger partial charge is 0.297 e. The summed E-state index contributed by atoms with van der Waals surface area (Å²) in [5.74, 6) is -0.158. The predicted octanol–water partition coefficient (Wildman–Crippen LogP) is 4.56. The second-order valence-corrected chi connectivity index (χ2v) is 8.06. The number of ketones is 1. The normalized spacial score (nSPS) is 11.7. The first kappa shape index (κ1) is 20.8. The predicted molar refractivity (Wildman–Crippen MR) is 96.9 cm³/mol. The van der Waals surface area contributed by atoms with Gasteiger partial charge in [-0.15, -0.1) is 0 Å². The average Bonchev–Trinajstić information content (AvgIpc) is 2.51. The van der Waals surface area contributed by atoms with Gasteiger partial charge in [0.05, 0.1) is 0 Å². The summed E-state index contributed by atoms with van der Waals surface area (Å²) in [6.45, 7) is 9.06. The molecule has 0 spiro atoms. The third kappa shape index (κ3) is 5.71. The van der Waals surface area contributed by atoms with Crippen LogP contribution in [0.1, 0.15) is 67.7 Å². The molecule has 0 saturated carbocycles. The zero-order chi connectivity index (χ0) is 18.3. The van der Waals surface area contributed by atoms with Crippen LogP contribution in [0.4, 0.5) is 0 Å². The van der Waals surface area contributed by atoms with Gasteiger partial charge in [0.25, 0.3) is 10.1 Å². The maximum absolute atomic E-state index is 12.5. The molecule has 0 fully saturated rings. The molecule has 24 heavy (non-hydrogen) atoms. The van der Waals surface area contributed by atoms with E-state index in [4.69, 9.17) is 4.18 Å². The van der Waals surface area contributed by atoms with Crippen molar-refractivity contribution in [3.63, 3.8) is 0 Å². The van der Waals surface area contributed by atoms with E-state index < -0.39 is 10.1 Å². The van der Waals surface area contributed by atoms with Crippen molar-refractivity contribution < 1.29 is 17.4 Å². The van der Waals surface area contributed by atoms with Crippen molar-refractivity contribution in [3.8, 4) is 0 Å². The number of Topliss-reactive ketones (excluding diaryl/α,β-unsaturated/α-hetero) is 1. The second kappa shape index (κ2) is 9.33. The van der Waals surface area contributed by atoms with Gasteiger partial charge in [0.15, 0.2) is 5.78 Å². The molecule has 0 atom stereocenters. The van der Waals surface area contributed by atoms with E-state index in [1.165, 1.54) is 6.42 Å². The zero-order valence-corrected chi connectivity index (χ0v) is 16.4. The SMILES string of the molecule is CCCCCCCC(=O)COS(=O)(=O)c1c(C)c(C)cc(C)c1C. The maximum atomic E-state index is 12.5. The molecule has 5 heteroatoms. The quantitative estimate of drug-likeness (QED) is 0.457. The smallest absolute Gasteiger partial charge is 0.297 e. The van der Waals surface area contributed by atoms with Crippen LogP contribution in [0, 0.1) is 27.7 Å². The van der Waals surface area contributed by atoms with Crippen LogP contribution in [0.3, 0.4) is 0 Å². The topological polar surface area (TPSA) is 60.4 Å². The van der Waals surface area contributed by atoms with Crippen molar-refractivity contribution in [1.29, 1.82) is 0 Å². The summed E-state index contributed by atoms with van der Waals surface area (Å²) < 4.78 is 30.1. The molecule has 0 aliphatic heterocycles. The monoisotopic (exact) mass is 354 g/mol. The van der Waals surface area contributed by atoms with Gasteiger partial charge in [-0.3, -0.25) is 8.98 Å². The first-order valence-corrected chi connectivity index (χ1v) is 10.1. The van der Waals surface area contributed by atoms with Crippen molar-refractivity contribution >= 4 is 15.9 Å². The summed E-state index contributed by atoms with van der Waals surface area (Å²) in [5.41, 5.74) is 3.18. The van der Waals surface area contributed by atoms with Gasteiger partial charge in [-0.2, -0.15) is 8.42 Å². The van der Waals surface area contributed by atoms with Crippen LogP contribution in [0.25, 0.3) is 0 Å². The molecular weight excluding hydrogens is 324 g/mol. The van der Waals surface area contributed by atoms with Gasteiger partial charge in [0, 0.05) is 6.42 Å². The Labute approximate surface area is 146 Å². The lowest BCUT2D eigenvalue weighted by atomic mass is 10.0. The highest BCUT2D eigenvalue weighted by molar-refractivity contribution is 7.86. The summed E-state index contributed by atoms with van der Waals surface area (Å²) in [5, 5.41) is 0. The van der Waals surface area contributed by atoms with Crippen molar-refractivity contribution in [2.45, 2.75) is 78.0 Å². The Morgan fingerprint density at radius 2 is 1.50 bits per heavy atom. The van der Waals surface area contributed by atoms with Crippen LogP contribution in [0.15, 0.2) is 11.0 Å². The fourth-order valence-electron chi connectivity index (χ4n) is 2.76. The second-order valence-electron chi connectivity index (χ2n) is 6.51. The van der Waals surface area contributed by atoms with Crippen LogP contribution in [0.5, 0.6) is 0 Å². The molecule has 0 radical (unpaired) electrons. The number of hydrogen-bond acceptors (Lipinski definition) is 4. The Morgan fingerprint density at radius 1 is 0.958 bits per heavy atom. The number of carbonyl (C=O) groups is 1. The molecule has 0 heterocycles. The third-order valence-electron chi connectivity index (χ3n) is 4.48. The highest BCUT2D eigenvalue weighted by Crippen LogP contribution is 2.27. The molecular formula is C19H30O4S. The van der Waals surface area contributed by atoms with Crippen LogP contribution >= 0.6 is 0 Å². The summed E-state index contributed by atoms with van der Waals surface area (Å²) >= 11 is 0. The number of carbonyl (C=O) groups excluding carboxylic acids is 1. The van der Waals surface area contributed by atoms with Crippen LogP contribution in [0.2, 0.25) is 0 Å². The van der Waals surface area contributed by atoms with E-state index in [0.29, 0.717) is 17.5 Å². The standard InChI is InChI=1S/C19H30O4S/c1-6-7-8-9-10-11-18(20)13-23-24(21,22)19-16(4)14(2)12-15(3)17(19)5/h12H,6-11,13H2,1-5H3. The van der Waals surface area contributed by atoms with Gasteiger partial charge in [0.1, 0.15) is 11.5 Å². The minimum absolute atomic E-state index is 0.158. The fraction of sp³-hybridized carbons (Fsp3) is 0.632. The lowest BCUT2D eigenvalue weighted by Crippen LogP contribution is -2.17. The van der Waals surface area contributed by atoms with E-state index in [1.807, 2.05) is 19.9 Å². The molecule has 0 bridgehead atoms. The Kier molecular flexibility index (Phi) is 8.10. The van der Waals surface area contributed by atoms with Crippen molar-refractivity contribution in [1.82, 2.24) is 0 Å². The van der Waals surface area contributed by atoms with Gasteiger partial charge >= 0.3 is 0 Å². The Hall–Kier alpha value is -1.20. The average molecular weight is 355 g/mol. The summed E-state index contributed by atoms with van der Waals surface area (Å²) in [7, 11) is -3.92. The lowest BCUT2D eigenvalue weighted by Gasteiger charge is -2.15. The number of rotatable bonds is 10. The first-order chi connectivity index (χ1) is 11.2. The number of hydrogen-bond donors (Lipinski definition) is 0. The van der Waals surface area contributed by atoms with Crippen molar-refractivity contribution in [3.05, 3.63) is 28.3 Å². The molecule has 136 valence electrons. The van der Waals surface area contributed by atoms with E-state index >= 15 is 0 Å². The first-order valence-electron chi connectivity index (χ1n) is 8.69. The molecule has 1 aromatic carbocycles. The van der Waals surface area contributed by atoms with Gasteiger partial charge in [-0.05, 0) is 56.4 Å². The molecule has 0 aromatic heterocycles. The molecule has 1 aromatic rings. The molecule has 0 aliphatic carbocycles. The van der Waals surface area contributed by atoms with Gasteiger partial charge in [0.2, 0.25) is 0 Å². The van der Waals surface area contributed by atoms with Gasteiger partial charge in [-0.25, -0.2) is 0 Å². The van der Waals surface area contributed by atoms with E-state index in [-0.39, 0.29) is 17.3 Å². The molecule has 0 aliphatic rings. The van der Waals surface area contributed by atoms with Crippen LogP contribution < -0.4 is 0 Å². The van der Waals surface area contributed by atoms with Crippen LogP contribution in [-0.2, 0) is 19.1 Å². The van der Waals surface area contributed by atoms with E-state index in [1.54, 1.807) is 13.8 Å². The van der Waals surface area contributed by atoms with Crippen molar-refractivity contribution in [2.75, 3.05) is 6.61 Å². The van der Waals surface area contributed by atoms with Gasteiger partial charge in [-0.1, -0.05) is 38.7 Å². The van der Waals surface area contributed by atoms with E-state index in [2.05, 4.69) is 6.92 Å². The lowest BCUT2D eigenvalue weighted by molar-refractivity contribution is -0.121. The number of benzene rings is 1. The van der Waals surface area contributed by atoms with E-state index in [0.717, 1.165) is 36.8 Å². The fourth-order valence-corrected chi connectivity index (χ4v) is 4.23. The maximum Gasteiger partial charge on any atom is 0.297 e. The minimum atomic E-state index is -3.92. The molecule has 0 saturated heterocycles. The third-order valence-corrected chi connectivity index (χ3v) is 6.02. The molecule has 4 nitrogen and oxygen atoms in total. The highest BCUT2D eigenvalue weighted by Gasteiger charge is 2.24. The zero-order valence-electron chi connectivity index (χ0n) is 15.6. The Balaban J connectivity index is 2.70. The Bertz CT molecular complexity index is 649. The molecule has 0 amide bonds. The van der Waals surface area contributed by atoms with Crippen LogP contribution in [-0.4, -0.2) is 20.8 Å². The van der Waals surface area contributed by atoms with Gasteiger partial charge < -0.3 is 0 Å². The molecule has 0 unspecified atom stereocenters. The molecule has 0 N–H and O–H groups in total. The summed E-state index contributed by atoms with van der Waals surface area (Å²) in [6, 6.07) is 1.96. The number of aryl methyl sites for hydroxylation is 2. The molecule has 1 rings (SSSR count). The number of unbranched alkanes of at least 4 members (excludes halogenated alkanes) is 4. The summed E-state index contributed by atoms with van der Waals surface area (Å²) in [4.78, 5) is 12.1. The van der Waals surface area contributed by atoms with Crippen molar-refractivity contribution in [2.24, 2.45) is 0 Å². The summed E-state index contributed by atoms with van der Waals surface area (Å²) in [6.07, 6.45) is 5.62. The highest BCUT2D eigenvalue weighted by atomic mass is 32.2. The minimum Gasteiger partial charge on any atom is -0.297 e. The van der Waals surface area contributed by atoms with E-state index in [9.17, 15) is 13.2 Å².